The van der Waals surface area contributed by atoms with Crippen LogP contribution in [0.4, 0.5) is 5.69 Å². The molecular weight excluding hydrogens is 322 g/mol. The van der Waals surface area contributed by atoms with Gasteiger partial charge >= 0.3 is 0 Å². The van der Waals surface area contributed by atoms with Crippen molar-refractivity contribution in [1.82, 2.24) is 0 Å². The van der Waals surface area contributed by atoms with Crippen molar-refractivity contribution in [3.8, 4) is 16.9 Å². The molecule has 3 heteroatoms. The molecular formula is C23H21NO2. The molecule has 1 amide bonds. The van der Waals surface area contributed by atoms with Gasteiger partial charge in [-0.15, -0.1) is 0 Å². The molecule has 0 saturated heterocycles. The van der Waals surface area contributed by atoms with E-state index in [1.54, 1.807) is 0 Å². The molecule has 0 radical (unpaired) electrons. The van der Waals surface area contributed by atoms with Crippen LogP contribution in [0.3, 0.4) is 0 Å². The molecule has 0 aliphatic carbocycles. The lowest BCUT2D eigenvalue weighted by Gasteiger charge is -2.22. The lowest BCUT2D eigenvalue weighted by Crippen LogP contribution is -2.39. The summed E-state index contributed by atoms with van der Waals surface area (Å²) in [6, 6.07) is 26.3. The van der Waals surface area contributed by atoms with Gasteiger partial charge in [-0.05, 0) is 48.2 Å². The molecule has 0 unspecified atom stereocenters. The van der Waals surface area contributed by atoms with Gasteiger partial charge < -0.3 is 9.64 Å². The first-order valence-electron chi connectivity index (χ1n) is 8.90. The standard InChI is InChI=1S/C23H21NO2/c1-17-15-20-9-5-6-10-22(20)24(17)23(25)16-26-21-13-11-19(12-14-21)18-7-3-2-4-8-18/h2-14,17H,15-16H2,1H3/t17-/m1/s1. The van der Waals surface area contributed by atoms with E-state index < -0.39 is 0 Å². The third kappa shape index (κ3) is 3.21. The van der Waals surface area contributed by atoms with Crippen molar-refractivity contribution in [3.05, 3.63) is 84.4 Å². The summed E-state index contributed by atoms with van der Waals surface area (Å²) in [5.74, 6) is 0.702. The van der Waals surface area contributed by atoms with Crippen molar-refractivity contribution in [1.29, 1.82) is 0 Å². The van der Waals surface area contributed by atoms with Crippen LogP contribution in [-0.4, -0.2) is 18.6 Å². The lowest BCUT2D eigenvalue weighted by atomic mass is 10.1. The highest BCUT2D eigenvalue weighted by atomic mass is 16.5. The van der Waals surface area contributed by atoms with Crippen LogP contribution in [0.15, 0.2) is 78.9 Å². The molecule has 3 aromatic rings. The maximum absolute atomic E-state index is 12.7. The molecule has 3 aromatic carbocycles. The number of amides is 1. The first-order chi connectivity index (χ1) is 12.7. The second kappa shape index (κ2) is 7.04. The summed E-state index contributed by atoms with van der Waals surface area (Å²) in [5, 5.41) is 0. The molecule has 0 saturated carbocycles. The van der Waals surface area contributed by atoms with E-state index in [4.69, 9.17) is 4.74 Å². The summed E-state index contributed by atoms with van der Waals surface area (Å²) in [5.41, 5.74) is 4.53. The van der Waals surface area contributed by atoms with E-state index in [1.807, 2.05) is 65.6 Å². The Balaban J connectivity index is 1.42. The first-order valence-corrected chi connectivity index (χ1v) is 8.90. The normalized spacial score (nSPS) is 15.6. The number of para-hydroxylation sites is 1. The van der Waals surface area contributed by atoms with Crippen molar-refractivity contribution in [2.24, 2.45) is 0 Å². The van der Waals surface area contributed by atoms with Crippen LogP contribution >= 0.6 is 0 Å². The van der Waals surface area contributed by atoms with Crippen molar-refractivity contribution >= 4 is 11.6 Å². The lowest BCUT2D eigenvalue weighted by molar-refractivity contribution is -0.120. The predicted octanol–water partition coefficient (Wildman–Crippen LogP) is 4.71. The van der Waals surface area contributed by atoms with Crippen molar-refractivity contribution in [3.63, 3.8) is 0 Å². The van der Waals surface area contributed by atoms with Crippen LogP contribution in [0, 0.1) is 0 Å². The van der Waals surface area contributed by atoms with Crippen LogP contribution in [0.1, 0.15) is 12.5 Å². The molecule has 1 aliphatic heterocycles. The van der Waals surface area contributed by atoms with Crippen LogP contribution in [0.5, 0.6) is 5.75 Å². The number of fused-ring (bicyclic) bond motifs is 1. The summed E-state index contributed by atoms with van der Waals surface area (Å²) < 4.78 is 5.74. The molecule has 0 spiro atoms. The summed E-state index contributed by atoms with van der Waals surface area (Å²) >= 11 is 0. The Bertz CT molecular complexity index is 903. The molecule has 4 rings (SSSR count). The summed E-state index contributed by atoms with van der Waals surface area (Å²) in [4.78, 5) is 14.5. The van der Waals surface area contributed by atoms with Gasteiger partial charge in [0.2, 0.25) is 0 Å². The molecule has 130 valence electrons. The topological polar surface area (TPSA) is 29.5 Å². The first kappa shape index (κ1) is 16.4. The van der Waals surface area contributed by atoms with Gasteiger partial charge in [-0.2, -0.15) is 0 Å². The van der Waals surface area contributed by atoms with Gasteiger partial charge in [0.25, 0.3) is 5.91 Å². The largest absolute Gasteiger partial charge is 0.484 e. The Morgan fingerprint density at radius 1 is 0.923 bits per heavy atom. The van der Waals surface area contributed by atoms with E-state index in [0.29, 0.717) is 5.75 Å². The van der Waals surface area contributed by atoms with Crippen LogP contribution in [-0.2, 0) is 11.2 Å². The van der Waals surface area contributed by atoms with Crippen molar-refractivity contribution in [2.45, 2.75) is 19.4 Å². The van der Waals surface area contributed by atoms with Gasteiger partial charge in [-0.25, -0.2) is 0 Å². The minimum absolute atomic E-state index is 0.00501. The van der Waals surface area contributed by atoms with Gasteiger partial charge in [-0.3, -0.25) is 4.79 Å². The number of carbonyl (C=O) groups excluding carboxylic acids is 1. The second-order valence-corrected chi connectivity index (χ2v) is 6.62. The van der Waals surface area contributed by atoms with Gasteiger partial charge in [0, 0.05) is 11.7 Å². The van der Waals surface area contributed by atoms with E-state index in [2.05, 4.69) is 25.1 Å². The predicted molar refractivity (Wildman–Crippen MR) is 104 cm³/mol. The molecule has 0 bridgehead atoms. The van der Waals surface area contributed by atoms with E-state index in [0.717, 1.165) is 23.2 Å². The van der Waals surface area contributed by atoms with Crippen LogP contribution in [0.25, 0.3) is 11.1 Å². The van der Waals surface area contributed by atoms with Gasteiger partial charge in [0.15, 0.2) is 6.61 Å². The molecule has 0 fully saturated rings. The van der Waals surface area contributed by atoms with Crippen molar-refractivity contribution in [2.75, 3.05) is 11.5 Å². The quantitative estimate of drug-likeness (QED) is 0.686. The molecule has 26 heavy (non-hydrogen) atoms. The number of nitrogens with zero attached hydrogens (tertiary/aromatic N) is 1. The molecule has 0 N–H and O–H groups in total. The molecule has 3 nitrogen and oxygen atoms in total. The maximum atomic E-state index is 12.7. The Morgan fingerprint density at radius 3 is 2.35 bits per heavy atom. The number of carbonyl (C=O) groups is 1. The maximum Gasteiger partial charge on any atom is 0.265 e. The number of hydrogen-bond donors (Lipinski definition) is 0. The number of anilines is 1. The number of hydrogen-bond acceptors (Lipinski definition) is 2. The Morgan fingerprint density at radius 2 is 1.58 bits per heavy atom. The zero-order chi connectivity index (χ0) is 17.9. The average Bonchev–Trinajstić information content (AvgIpc) is 3.03. The Kier molecular flexibility index (Phi) is 4.44. The van der Waals surface area contributed by atoms with Gasteiger partial charge in [-0.1, -0.05) is 60.7 Å². The third-order valence-electron chi connectivity index (χ3n) is 4.80. The molecule has 1 aliphatic rings. The summed E-state index contributed by atoms with van der Waals surface area (Å²) in [7, 11) is 0. The minimum atomic E-state index is -0.00501. The second-order valence-electron chi connectivity index (χ2n) is 6.62. The third-order valence-corrected chi connectivity index (χ3v) is 4.80. The SMILES string of the molecule is C[C@@H]1Cc2ccccc2N1C(=O)COc1ccc(-c2ccccc2)cc1. The van der Waals surface area contributed by atoms with Crippen molar-refractivity contribution < 1.29 is 9.53 Å². The van der Waals surface area contributed by atoms with Crippen LogP contribution in [0.2, 0.25) is 0 Å². The highest BCUT2D eigenvalue weighted by molar-refractivity contribution is 5.97. The summed E-state index contributed by atoms with van der Waals surface area (Å²) in [6.07, 6.45) is 0.897. The van der Waals surface area contributed by atoms with E-state index in [1.165, 1.54) is 5.56 Å². The van der Waals surface area contributed by atoms with E-state index in [9.17, 15) is 4.79 Å². The van der Waals surface area contributed by atoms with Crippen LogP contribution < -0.4 is 9.64 Å². The number of rotatable bonds is 4. The zero-order valence-corrected chi connectivity index (χ0v) is 14.8. The molecule has 1 heterocycles. The van der Waals surface area contributed by atoms with Gasteiger partial charge in [0.1, 0.15) is 5.75 Å². The number of ether oxygens (including phenoxy) is 1. The fourth-order valence-corrected chi connectivity index (χ4v) is 3.53. The highest BCUT2D eigenvalue weighted by Gasteiger charge is 2.30. The summed E-state index contributed by atoms with van der Waals surface area (Å²) in [6.45, 7) is 2.12. The fourth-order valence-electron chi connectivity index (χ4n) is 3.53. The van der Waals surface area contributed by atoms with E-state index in [-0.39, 0.29) is 18.6 Å². The van der Waals surface area contributed by atoms with E-state index >= 15 is 0 Å². The molecule has 0 aromatic heterocycles. The smallest absolute Gasteiger partial charge is 0.265 e. The molecule has 1 atom stereocenters. The highest BCUT2D eigenvalue weighted by Crippen LogP contribution is 2.32. The minimum Gasteiger partial charge on any atom is -0.484 e. The fraction of sp³-hybridized carbons (Fsp3) is 0.174. The average molecular weight is 343 g/mol. The zero-order valence-electron chi connectivity index (χ0n) is 14.8. The Labute approximate surface area is 153 Å². The van der Waals surface area contributed by atoms with Gasteiger partial charge in [0.05, 0.1) is 0 Å². The Hall–Kier alpha value is -3.07. The monoisotopic (exact) mass is 343 g/mol. The number of benzene rings is 3.